The number of methoxy groups -OCH3 is 1. The van der Waals surface area contributed by atoms with Crippen molar-refractivity contribution in [2.75, 3.05) is 12.4 Å². The maximum atomic E-state index is 12.7. The van der Waals surface area contributed by atoms with Crippen LogP contribution in [0.15, 0.2) is 28.7 Å². The lowest BCUT2D eigenvalue weighted by Crippen LogP contribution is -2.29. The number of hydrogen-bond donors (Lipinski definition) is 2. The van der Waals surface area contributed by atoms with E-state index in [1.165, 1.54) is 7.11 Å². The third-order valence-corrected chi connectivity index (χ3v) is 4.97. The molecule has 27 heavy (non-hydrogen) atoms. The van der Waals surface area contributed by atoms with Crippen LogP contribution in [0.3, 0.4) is 0 Å². The minimum absolute atomic E-state index is 0.169. The number of aryl methyl sites for hydroxylation is 1. The number of carbonyl (C=O) groups is 1. The van der Waals surface area contributed by atoms with Gasteiger partial charge in [-0.25, -0.2) is 4.98 Å². The van der Waals surface area contributed by atoms with Gasteiger partial charge in [0.25, 0.3) is 0 Å². The van der Waals surface area contributed by atoms with Crippen molar-refractivity contribution in [1.82, 2.24) is 4.98 Å². The summed E-state index contributed by atoms with van der Waals surface area (Å²) in [6, 6.07) is 7.46. The van der Waals surface area contributed by atoms with E-state index in [0.717, 1.165) is 21.3 Å². The van der Waals surface area contributed by atoms with Gasteiger partial charge in [0.15, 0.2) is 0 Å². The van der Waals surface area contributed by atoms with Gasteiger partial charge in [-0.1, -0.05) is 55.8 Å². The number of nitrogens with zero attached hydrogens (tertiary/aromatic N) is 1. The normalized spacial score (nSPS) is 12.6. The molecule has 6 heteroatoms. The first-order valence-corrected chi connectivity index (χ1v) is 9.71. The van der Waals surface area contributed by atoms with E-state index in [2.05, 4.69) is 26.2 Å². The van der Waals surface area contributed by atoms with E-state index in [1.54, 1.807) is 0 Å². The second kappa shape index (κ2) is 8.40. The van der Waals surface area contributed by atoms with Crippen molar-refractivity contribution in [1.29, 1.82) is 0 Å². The molecule has 0 aliphatic carbocycles. The van der Waals surface area contributed by atoms with E-state index >= 15 is 0 Å². The van der Waals surface area contributed by atoms with E-state index in [1.807, 2.05) is 58.9 Å². The molecule has 1 amide bonds. The smallest absolute Gasteiger partial charge is 0.238 e. The van der Waals surface area contributed by atoms with Crippen molar-refractivity contribution in [3.63, 3.8) is 0 Å². The highest BCUT2D eigenvalue weighted by molar-refractivity contribution is 9.10. The minimum Gasteiger partial charge on any atom is -0.479 e. The van der Waals surface area contributed by atoms with Gasteiger partial charge >= 0.3 is 0 Å². The van der Waals surface area contributed by atoms with Crippen LogP contribution in [0.5, 0.6) is 5.88 Å². The fraction of sp³-hybridized carbons (Fsp3) is 0.429. The molecule has 146 valence electrons. The van der Waals surface area contributed by atoms with Crippen molar-refractivity contribution in [2.45, 2.75) is 47.1 Å². The number of anilines is 1. The number of ether oxygens (including phenoxy) is 1. The van der Waals surface area contributed by atoms with Gasteiger partial charge in [-0.2, -0.15) is 0 Å². The minimum atomic E-state index is -0.918. The molecule has 5 nitrogen and oxygen atoms in total. The number of carbonyl (C=O) groups excluding carboxylic acids is 1. The predicted octanol–water partition coefficient (Wildman–Crippen LogP) is 4.79. The largest absolute Gasteiger partial charge is 0.479 e. The Bertz CT molecular complexity index is 827. The van der Waals surface area contributed by atoms with Gasteiger partial charge in [0.2, 0.25) is 11.8 Å². The molecular formula is C21H27BrN2O3. The number of benzene rings is 1. The third kappa shape index (κ3) is 4.68. The predicted molar refractivity (Wildman–Crippen MR) is 111 cm³/mol. The van der Waals surface area contributed by atoms with Gasteiger partial charge in [0, 0.05) is 21.1 Å². The topological polar surface area (TPSA) is 71.5 Å². The number of halogens is 1. The van der Waals surface area contributed by atoms with Gasteiger partial charge < -0.3 is 15.2 Å². The molecule has 1 aromatic carbocycles. The van der Waals surface area contributed by atoms with Crippen LogP contribution in [0.25, 0.3) is 0 Å². The Balaban J connectivity index is 2.69. The molecule has 0 radical (unpaired) electrons. The van der Waals surface area contributed by atoms with Crippen LogP contribution in [-0.4, -0.2) is 23.1 Å². The molecule has 0 aliphatic heterocycles. The zero-order chi connectivity index (χ0) is 20.4. The molecule has 2 rings (SSSR count). The van der Waals surface area contributed by atoms with Crippen molar-refractivity contribution in [3.8, 4) is 5.88 Å². The standard InChI is InChI=1S/C21H27BrN2O3/c1-7-15-12(2)23-19(27-6)17(24-20(26)21(3,4)5)16(15)18(25)13-8-10-14(22)11-9-13/h8-11,18,25H,7H2,1-6H3,(H,24,26). The van der Waals surface area contributed by atoms with Crippen molar-refractivity contribution in [2.24, 2.45) is 5.41 Å². The summed E-state index contributed by atoms with van der Waals surface area (Å²) >= 11 is 3.41. The Morgan fingerprint density at radius 3 is 2.37 bits per heavy atom. The monoisotopic (exact) mass is 434 g/mol. The van der Waals surface area contributed by atoms with Crippen molar-refractivity contribution < 1.29 is 14.6 Å². The molecule has 0 saturated carbocycles. The first kappa shape index (κ1) is 21.4. The lowest BCUT2D eigenvalue weighted by molar-refractivity contribution is -0.123. The van der Waals surface area contributed by atoms with E-state index in [9.17, 15) is 9.90 Å². The summed E-state index contributed by atoms with van der Waals surface area (Å²) in [6.07, 6.45) is -0.247. The van der Waals surface area contributed by atoms with Crippen molar-refractivity contribution >= 4 is 27.5 Å². The van der Waals surface area contributed by atoms with Crippen LogP contribution in [0, 0.1) is 12.3 Å². The summed E-state index contributed by atoms with van der Waals surface area (Å²) in [5.74, 6) is 0.131. The second-order valence-electron chi connectivity index (χ2n) is 7.49. The molecule has 0 fully saturated rings. The highest BCUT2D eigenvalue weighted by Crippen LogP contribution is 2.39. The summed E-state index contributed by atoms with van der Waals surface area (Å²) in [7, 11) is 1.51. The number of hydrogen-bond acceptors (Lipinski definition) is 4. The molecular weight excluding hydrogens is 408 g/mol. The zero-order valence-electron chi connectivity index (χ0n) is 16.7. The number of aliphatic hydroxyl groups excluding tert-OH is 1. The van der Waals surface area contributed by atoms with E-state index < -0.39 is 11.5 Å². The molecule has 0 spiro atoms. The molecule has 0 bridgehead atoms. The Labute approximate surface area is 169 Å². The fourth-order valence-corrected chi connectivity index (χ4v) is 3.13. The number of aliphatic hydroxyl groups is 1. The summed E-state index contributed by atoms with van der Waals surface area (Å²) in [4.78, 5) is 17.2. The first-order chi connectivity index (χ1) is 12.6. The average molecular weight is 435 g/mol. The lowest BCUT2D eigenvalue weighted by Gasteiger charge is -2.25. The number of nitrogens with one attached hydrogen (secondary N) is 1. The fourth-order valence-electron chi connectivity index (χ4n) is 2.87. The molecule has 0 saturated heterocycles. The van der Waals surface area contributed by atoms with Crippen LogP contribution in [-0.2, 0) is 11.2 Å². The molecule has 1 heterocycles. The molecule has 1 unspecified atom stereocenters. The molecule has 2 N–H and O–H groups in total. The molecule has 0 aliphatic rings. The average Bonchev–Trinajstić information content (AvgIpc) is 2.61. The van der Waals surface area contributed by atoms with Gasteiger partial charge in [0.05, 0.1) is 7.11 Å². The molecule has 1 aromatic heterocycles. The van der Waals surface area contributed by atoms with E-state index in [-0.39, 0.29) is 5.91 Å². The quantitative estimate of drug-likeness (QED) is 0.709. The van der Waals surface area contributed by atoms with Crippen LogP contribution < -0.4 is 10.1 Å². The highest BCUT2D eigenvalue weighted by atomic mass is 79.9. The molecule has 2 aromatic rings. The van der Waals surface area contributed by atoms with Gasteiger partial charge in [-0.15, -0.1) is 0 Å². The van der Waals surface area contributed by atoms with Crippen LogP contribution in [0.4, 0.5) is 5.69 Å². The number of pyridine rings is 1. The third-order valence-electron chi connectivity index (χ3n) is 4.44. The Morgan fingerprint density at radius 1 is 1.30 bits per heavy atom. The summed E-state index contributed by atoms with van der Waals surface area (Å²) in [6.45, 7) is 9.39. The van der Waals surface area contributed by atoms with E-state index in [4.69, 9.17) is 4.74 Å². The Hall–Kier alpha value is -1.92. The Kier molecular flexibility index (Phi) is 6.65. The van der Waals surface area contributed by atoms with Crippen LogP contribution >= 0.6 is 15.9 Å². The number of aromatic nitrogens is 1. The van der Waals surface area contributed by atoms with Gasteiger partial charge in [-0.05, 0) is 36.6 Å². The maximum Gasteiger partial charge on any atom is 0.238 e. The lowest BCUT2D eigenvalue weighted by atomic mass is 9.91. The summed E-state index contributed by atoms with van der Waals surface area (Å²) < 4.78 is 6.37. The first-order valence-electron chi connectivity index (χ1n) is 8.92. The van der Waals surface area contributed by atoms with Gasteiger partial charge in [-0.3, -0.25) is 4.79 Å². The Morgan fingerprint density at radius 2 is 1.89 bits per heavy atom. The maximum absolute atomic E-state index is 12.7. The zero-order valence-corrected chi connectivity index (χ0v) is 18.3. The summed E-state index contributed by atoms with van der Waals surface area (Å²) in [5.41, 5.74) is 2.86. The number of amides is 1. The van der Waals surface area contributed by atoms with E-state index in [0.29, 0.717) is 23.6 Å². The van der Waals surface area contributed by atoms with Gasteiger partial charge in [0.1, 0.15) is 11.8 Å². The highest BCUT2D eigenvalue weighted by Gasteiger charge is 2.29. The SMILES string of the molecule is CCc1c(C)nc(OC)c(NC(=O)C(C)(C)C)c1C(O)c1ccc(Br)cc1. The molecule has 1 atom stereocenters. The number of rotatable bonds is 5. The van der Waals surface area contributed by atoms with Crippen LogP contribution in [0.2, 0.25) is 0 Å². The second-order valence-corrected chi connectivity index (χ2v) is 8.40. The van der Waals surface area contributed by atoms with Crippen molar-refractivity contribution in [3.05, 3.63) is 51.1 Å². The summed E-state index contributed by atoms with van der Waals surface area (Å²) in [5, 5.41) is 14.1. The van der Waals surface area contributed by atoms with Crippen LogP contribution in [0.1, 0.15) is 56.2 Å².